The van der Waals surface area contributed by atoms with Gasteiger partial charge in [0.05, 0.1) is 16.9 Å². The molecular formula is C28H31ClN4O6S. The lowest BCUT2D eigenvalue weighted by molar-refractivity contribution is -0.384. The summed E-state index contributed by atoms with van der Waals surface area (Å²) < 4.78 is 26.7. The van der Waals surface area contributed by atoms with Crippen molar-refractivity contribution in [1.29, 1.82) is 0 Å². The number of likely N-dealkylation sites (N-methyl/N-ethyl adjacent to an activating group) is 1. The van der Waals surface area contributed by atoms with Gasteiger partial charge in [-0.2, -0.15) is 0 Å². The van der Waals surface area contributed by atoms with Crippen molar-refractivity contribution in [3.05, 3.63) is 105 Å². The van der Waals surface area contributed by atoms with Crippen LogP contribution in [0.5, 0.6) is 0 Å². The lowest BCUT2D eigenvalue weighted by atomic mass is 10.0. The number of halogens is 1. The van der Waals surface area contributed by atoms with Crippen LogP contribution < -0.4 is 9.62 Å². The van der Waals surface area contributed by atoms with Crippen molar-refractivity contribution in [2.45, 2.75) is 32.9 Å². The monoisotopic (exact) mass is 586 g/mol. The quantitative estimate of drug-likeness (QED) is 0.251. The topological polar surface area (TPSA) is 130 Å². The molecule has 0 aliphatic heterocycles. The Morgan fingerprint density at radius 2 is 1.68 bits per heavy atom. The van der Waals surface area contributed by atoms with Gasteiger partial charge in [0, 0.05) is 36.7 Å². The van der Waals surface area contributed by atoms with Crippen LogP contribution in [0.15, 0.2) is 72.8 Å². The Labute approximate surface area is 238 Å². The highest BCUT2D eigenvalue weighted by molar-refractivity contribution is 7.92. The van der Waals surface area contributed by atoms with Gasteiger partial charge < -0.3 is 10.2 Å². The number of nitro benzene ring substituents is 1. The minimum Gasteiger partial charge on any atom is -0.355 e. The Balaban J connectivity index is 2.08. The third kappa shape index (κ3) is 8.03. The van der Waals surface area contributed by atoms with Gasteiger partial charge in [-0.1, -0.05) is 60.1 Å². The van der Waals surface area contributed by atoms with E-state index >= 15 is 0 Å². The molecule has 0 heterocycles. The number of sulfonamides is 1. The predicted molar refractivity (Wildman–Crippen MR) is 155 cm³/mol. The fraction of sp³-hybridized carbons (Fsp3) is 0.286. The summed E-state index contributed by atoms with van der Waals surface area (Å²) in [6.45, 7) is 3.02. The molecule has 3 rings (SSSR count). The van der Waals surface area contributed by atoms with E-state index in [0.717, 1.165) is 22.2 Å². The van der Waals surface area contributed by atoms with Crippen molar-refractivity contribution in [2.75, 3.05) is 23.7 Å². The summed E-state index contributed by atoms with van der Waals surface area (Å²) in [4.78, 5) is 39.4. The SMILES string of the molecule is CCNC(=O)C(Cc1ccccc1)N(Cc1ccc(Cl)cc1)C(=O)CN(c1cc([N+](=O)[O-])ccc1C)S(C)(=O)=O. The number of hydrogen-bond donors (Lipinski definition) is 1. The molecule has 0 fully saturated rings. The van der Waals surface area contributed by atoms with E-state index in [-0.39, 0.29) is 24.3 Å². The number of amides is 2. The number of hydrogen-bond acceptors (Lipinski definition) is 6. The highest BCUT2D eigenvalue weighted by Gasteiger charge is 2.33. The number of aryl methyl sites for hydroxylation is 1. The molecule has 10 nitrogen and oxygen atoms in total. The molecule has 1 unspecified atom stereocenters. The fourth-order valence-electron chi connectivity index (χ4n) is 4.21. The number of anilines is 1. The predicted octanol–water partition coefficient (Wildman–Crippen LogP) is 4.10. The number of rotatable bonds is 12. The smallest absolute Gasteiger partial charge is 0.271 e. The molecule has 0 radical (unpaired) electrons. The Kier molecular flexibility index (Phi) is 10.2. The van der Waals surface area contributed by atoms with Crippen molar-refractivity contribution < 1.29 is 22.9 Å². The Morgan fingerprint density at radius 1 is 1.02 bits per heavy atom. The van der Waals surface area contributed by atoms with E-state index in [9.17, 15) is 28.1 Å². The minimum absolute atomic E-state index is 0.00381. The third-order valence-corrected chi connectivity index (χ3v) is 7.62. The molecule has 0 aliphatic carbocycles. The lowest BCUT2D eigenvalue weighted by Gasteiger charge is -2.33. The van der Waals surface area contributed by atoms with Gasteiger partial charge in [-0.05, 0) is 42.7 Å². The molecule has 3 aromatic carbocycles. The molecule has 1 N–H and O–H groups in total. The first-order valence-corrected chi connectivity index (χ1v) is 14.7. The maximum atomic E-state index is 14.0. The first-order valence-electron chi connectivity index (χ1n) is 12.5. The van der Waals surface area contributed by atoms with Crippen LogP contribution in [-0.4, -0.2) is 55.4 Å². The number of carbonyl (C=O) groups excluding carboxylic acids is 2. The number of nitrogens with one attached hydrogen (secondary N) is 1. The number of nitro groups is 1. The highest BCUT2D eigenvalue weighted by atomic mass is 35.5. The molecule has 0 aliphatic rings. The minimum atomic E-state index is -4.06. The summed E-state index contributed by atoms with van der Waals surface area (Å²) in [5.74, 6) is -1.05. The summed E-state index contributed by atoms with van der Waals surface area (Å²) in [5, 5.41) is 14.7. The number of non-ortho nitro benzene ring substituents is 1. The van der Waals surface area contributed by atoms with Gasteiger partial charge in [0.1, 0.15) is 12.6 Å². The van der Waals surface area contributed by atoms with Crippen LogP contribution in [0.1, 0.15) is 23.6 Å². The average molecular weight is 587 g/mol. The molecule has 0 spiro atoms. The fourth-order valence-corrected chi connectivity index (χ4v) is 5.23. The van der Waals surface area contributed by atoms with Crippen molar-refractivity contribution in [1.82, 2.24) is 10.2 Å². The molecular weight excluding hydrogens is 556 g/mol. The highest BCUT2D eigenvalue weighted by Crippen LogP contribution is 2.28. The summed E-state index contributed by atoms with van der Waals surface area (Å²) >= 11 is 6.04. The Bertz CT molecular complexity index is 1470. The van der Waals surface area contributed by atoms with Gasteiger partial charge in [-0.15, -0.1) is 0 Å². The summed E-state index contributed by atoms with van der Waals surface area (Å²) in [6.07, 6.45) is 1.11. The van der Waals surface area contributed by atoms with Crippen LogP contribution in [0, 0.1) is 17.0 Å². The molecule has 0 bridgehead atoms. The third-order valence-electron chi connectivity index (χ3n) is 6.24. The van der Waals surface area contributed by atoms with Gasteiger partial charge in [-0.3, -0.25) is 24.0 Å². The number of nitrogens with zero attached hydrogens (tertiary/aromatic N) is 3. The molecule has 0 aromatic heterocycles. The summed E-state index contributed by atoms with van der Waals surface area (Å²) in [6, 6.07) is 18.8. The van der Waals surface area contributed by atoms with Crippen LogP contribution in [-0.2, 0) is 32.6 Å². The zero-order valence-corrected chi connectivity index (χ0v) is 24.0. The van der Waals surface area contributed by atoms with Gasteiger partial charge in [0.25, 0.3) is 5.69 Å². The van der Waals surface area contributed by atoms with Crippen LogP contribution in [0.4, 0.5) is 11.4 Å². The molecule has 1 atom stereocenters. The zero-order chi connectivity index (χ0) is 29.4. The van der Waals surface area contributed by atoms with E-state index in [1.54, 1.807) is 38.1 Å². The second-order valence-corrected chi connectivity index (χ2v) is 11.6. The van der Waals surface area contributed by atoms with Crippen molar-refractivity contribution >= 4 is 44.8 Å². The van der Waals surface area contributed by atoms with Crippen molar-refractivity contribution in [3.63, 3.8) is 0 Å². The number of carbonyl (C=O) groups is 2. The second-order valence-electron chi connectivity index (χ2n) is 9.25. The van der Waals surface area contributed by atoms with Gasteiger partial charge in [0.2, 0.25) is 21.8 Å². The largest absolute Gasteiger partial charge is 0.355 e. The van der Waals surface area contributed by atoms with E-state index in [1.807, 2.05) is 30.3 Å². The normalized spacial score (nSPS) is 11.9. The van der Waals surface area contributed by atoms with Crippen molar-refractivity contribution in [3.8, 4) is 0 Å². The Hall–Kier alpha value is -3.96. The molecule has 212 valence electrons. The summed E-state index contributed by atoms with van der Waals surface area (Å²) in [5.41, 5.74) is 1.61. The Morgan fingerprint density at radius 3 is 2.25 bits per heavy atom. The van der Waals surface area contributed by atoms with Crippen LogP contribution in [0.3, 0.4) is 0 Å². The van der Waals surface area contributed by atoms with E-state index in [2.05, 4.69) is 5.32 Å². The first-order chi connectivity index (χ1) is 18.9. The maximum absolute atomic E-state index is 14.0. The molecule has 0 saturated heterocycles. The van der Waals surface area contributed by atoms with Crippen molar-refractivity contribution in [2.24, 2.45) is 0 Å². The maximum Gasteiger partial charge on any atom is 0.271 e. The van der Waals surface area contributed by atoms with Gasteiger partial charge >= 0.3 is 0 Å². The average Bonchev–Trinajstić information content (AvgIpc) is 2.90. The zero-order valence-electron chi connectivity index (χ0n) is 22.4. The van der Waals surface area contributed by atoms with E-state index in [1.165, 1.54) is 17.0 Å². The molecule has 0 saturated carbocycles. The molecule has 2 amide bonds. The summed E-state index contributed by atoms with van der Waals surface area (Å²) in [7, 11) is -4.06. The van der Waals surface area contributed by atoms with E-state index in [0.29, 0.717) is 22.7 Å². The van der Waals surface area contributed by atoms with Gasteiger partial charge in [-0.25, -0.2) is 8.42 Å². The first kappa shape index (κ1) is 30.6. The molecule has 40 heavy (non-hydrogen) atoms. The van der Waals surface area contributed by atoms with E-state index < -0.39 is 39.3 Å². The van der Waals surface area contributed by atoms with Crippen LogP contribution in [0.25, 0.3) is 0 Å². The molecule has 3 aromatic rings. The number of benzene rings is 3. The molecule has 12 heteroatoms. The lowest BCUT2D eigenvalue weighted by Crippen LogP contribution is -2.53. The van der Waals surface area contributed by atoms with Crippen LogP contribution in [0.2, 0.25) is 5.02 Å². The van der Waals surface area contributed by atoms with Gasteiger partial charge in [0.15, 0.2) is 0 Å². The van der Waals surface area contributed by atoms with E-state index in [4.69, 9.17) is 11.6 Å². The van der Waals surface area contributed by atoms with Crippen LogP contribution >= 0.6 is 11.6 Å². The second kappa shape index (κ2) is 13.4. The standard InChI is InChI=1S/C28H31ClN4O6S/c1-4-30-28(35)26(16-21-8-6-5-7-9-21)31(18-22-11-13-23(29)14-12-22)27(34)19-32(40(3,38)39)25-17-24(33(36)37)15-10-20(25)2/h5-15,17,26H,4,16,18-19H2,1-3H3,(H,30,35).